The zero-order chi connectivity index (χ0) is 9.97. The topological polar surface area (TPSA) is 38.9 Å². The number of fused-ring (bicyclic) bond motifs is 1. The van der Waals surface area contributed by atoms with E-state index in [4.69, 9.17) is 17.3 Å². The summed E-state index contributed by atoms with van der Waals surface area (Å²) in [6.45, 7) is 0.666. The zero-order valence-corrected chi connectivity index (χ0v) is 8.46. The van der Waals surface area contributed by atoms with E-state index in [-0.39, 0.29) is 0 Å². The molecule has 2 nitrogen and oxygen atoms in total. The SMILES string of the molecule is NCCc1ccc2ncc(Cl)cc2c1. The minimum atomic E-state index is 0.666. The molecule has 14 heavy (non-hydrogen) atoms. The lowest BCUT2D eigenvalue weighted by Gasteiger charge is -2.01. The Kier molecular flexibility index (Phi) is 2.66. The minimum absolute atomic E-state index is 0.666. The molecule has 2 rings (SSSR count). The Morgan fingerprint density at radius 1 is 1.29 bits per heavy atom. The third kappa shape index (κ3) is 1.86. The number of nitrogens with zero attached hydrogens (tertiary/aromatic N) is 1. The van der Waals surface area contributed by atoms with Crippen LogP contribution in [0.3, 0.4) is 0 Å². The molecule has 1 aromatic carbocycles. The van der Waals surface area contributed by atoms with Crippen LogP contribution in [-0.2, 0) is 6.42 Å². The van der Waals surface area contributed by atoms with Gasteiger partial charge in [0.15, 0.2) is 0 Å². The summed E-state index contributed by atoms with van der Waals surface area (Å²) in [6, 6.07) is 8.05. The van der Waals surface area contributed by atoms with Crippen LogP contribution in [0.2, 0.25) is 5.02 Å². The molecule has 0 aliphatic carbocycles. The van der Waals surface area contributed by atoms with Crippen molar-refractivity contribution >= 4 is 22.5 Å². The number of hydrogen-bond donors (Lipinski definition) is 1. The first-order valence-electron chi connectivity index (χ1n) is 4.54. The van der Waals surface area contributed by atoms with Crippen LogP contribution in [0, 0.1) is 0 Å². The number of hydrogen-bond acceptors (Lipinski definition) is 2. The maximum absolute atomic E-state index is 5.86. The molecule has 0 bridgehead atoms. The molecule has 0 aliphatic rings. The van der Waals surface area contributed by atoms with Gasteiger partial charge in [-0.05, 0) is 36.7 Å². The Balaban J connectivity index is 2.52. The molecular weight excluding hydrogens is 196 g/mol. The van der Waals surface area contributed by atoms with Crippen LogP contribution in [0.25, 0.3) is 10.9 Å². The maximum Gasteiger partial charge on any atom is 0.0703 e. The summed E-state index contributed by atoms with van der Waals surface area (Å²) in [6.07, 6.45) is 2.55. The summed E-state index contributed by atoms with van der Waals surface area (Å²) >= 11 is 5.86. The van der Waals surface area contributed by atoms with E-state index in [1.807, 2.05) is 12.1 Å². The molecule has 0 fully saturated rings. The first-order valence-corrected chi connectivity index (χ1v) is 4.91. The quantitative estimate of drug-likeness (QED) is 0.820. The van der Waals surface area contributed by atoms with E-state index in [0.29, 0.717) is 11.6 Å². The van der Waals surface area contributed by atoms with Crippen molar-refractivity contribution in [1.82, 2.24) is 4.98 Å². The fourth-order valence-corrected chi connectivity index (χ4v) is 1.64. The highest BCUT2D eigenvalue weighted by atomic mass is 35.5. The molecule has 0 saturated carbocycles. The molecule has 72 valence electrons. The predicted octanol–water partition coefficient (Wildman–Crippen LogP) is 2.39. The number of halogens is 1. The summed E-state index contributed by atoms with van der Waals surface area (Å²) in [4.78, 5) is 4.22. The van der Waals surface area contributed by atoms with Gasteiger partial charge >= 0.3 is 0 Å². The molecule has 0 saturated heterocycles. The highest BCUT2D eigenvalue weighted by molar-refractivity contribution is 6.31. The van der Waals surface area contributed by atoms with Crippen molar-refractivity contribution in [1.29, 1.82) is 0 Å². The van der Waals surface area contributed by atoms with Gasteiger partial charge in [0.1, 0.15) is 0 Å². The zero-order valence-electron chi connectivity index (χ0n) is 7.70. The van der Waals surface area contributed by atoms with Crippen LogP contribution >= 0.6 is 11.6 Å². The van der Waals surface area contributed by atoms with Gasteiger partial charge in [-0.1, -0.05) is 17.7 Å². The number of rotatable bonds is 2. The Bertz CT molecular complexity index is 454. The Morgan fingerprint density at radius 2 is 2.14 bits per heavy atom. The molecular formula is C11H11ClN2. The third-order valence-electron chi connectivity index (χ3n) is 2.15. The molecule has 1 heterocycles. The van der Waals surface area contributed by atoms with E-state index >= 15 is 0 Å². The lowest BCUT2D eigenvalue weighted by molar-refractivity contribution is 0.971. The average Bonchev–Trinajstić information content (AvgIpc) is 2.17. The molecule has 2 N–H and O–H groups in total. The normalized spacial score (nSPS) is 10.7. The van der Waals surface area contributed by atoms with E-state index in [0.717, 1.165) is 17.3 Å². The summed E-state index contributed by atoms with van der Waals surface area (Å²) in [7, 11) is 0. The van der Waals surface area contributed by atoms with Crippen LogP contribution in [0.5, 0.6) is 0 Å². The molecule has 3 heteroatoms. The van der Waals surface area contributed by atoms with Gasteiger partial charge in [0.05, 0.1) is 10.5 Å². The first-order chi connectivity index (χ1) is 6.79. The van der Waals surface area contributed by atoms with Gasteiger partial charge in [0.25, 0.3) is 0 Å². The first kappa shape index (κ1) is 9.44. The standard InChI is InChI=1S/C11H11ClN2/c12-10-6-9-5-8(3-4-13)1-2-11(9)14-7-10/h1-2,5-7H,3-4,13H2. The van der Waals surface area contributed by atoms with E-state index in [1.54, 1.807) is 6.20 Å². The molecule has 0 amide bonds. The second kappa shape index (κ2) is 3.95. The molecule has 2 aromatic rings. The van der Waals surface area contributed by atoms with Crippen LogP contribution < -0.4 is 5.73 Å². The van der Waals surface area contributed by atoms with Crippen LogP contribution in [-0.4, -0.2) is 11.5 Å². The maximum atomic E-state index is 5.86. The number of nitrogens with two attached hydrogens (primary N) is 1. The smallest absolute Gasteiger partial charge is 0.0703 e. The Labute approximate surface area is 87.7 Å². The van der Waals surface area contributed by atoms with Crippen molar-refractivity contribution in [2.24, 2.45) is 5.73 Å². The monoisotopic (exact) mass is 206 g/mol. The lowest BCUT2D eigenvalue weighted by Crippen LogP contribution is -2.02. The van der Waals surface area contributed by atoms with Crippen LogP contribution in [0.15, 0.2) is 30.5 Å². The second-order valence-electron chi connectivity index (χ2n) is 3.22. The Morgan fingerprint density at radius 3 is 2.93 bits per heavy atom. The van der Waals surface area contributed by atoms with Crippen molar-refractivity contribution < 1.29 is 0 Å². The molecule has 1 aromatic heterocycles. The fourth-order valence-electron chi connectivity index (χ4n) is 1.48. The molecule has 0 atom stereocenters. The summed E-state index contributed by atoms with van der Waals surface area (Å²) in [5, 5.41) is 1.74. The highest BCUT2D eigenvalue weighted by Gasteiger charge is 1.97. The van der Waals surface area contributed by atoms with Crippen LogP contribution in [0.4, 0.5) is 0 Å². The van der Waals surface area contributed by atoms with Gasteiger partial charge in [-0.15, -0.1) is 0 Å². The van der Waals surface area contributed by atoms with Gasteiger partial charge in [0.2, 0.25) is 0 Å². The van der Waals surface area contributed by atoms with Crippen LogP contribution in [0.1, 0.15) is 5.56 Å². The summed E-state index contributed by atoms with van der Waals surface area (Å²) in [5.41, 5.74) is 7.69. The van der Waals surface area contributed by atoms with Crippen molar-refractivity contribution in [2.75, 3.05) is 6.54 Å². The van der Waals surface area contributed by atoms with Crippen molar-refractivity contribution in [3.8, 4) is 0 Å². The second-order valence-corrected chi connectivity index (χ2v) is 3.66. The third-order valence-corrected chi connectivity index (χ3v) is 2.35. The largest absolute Gasteiger partial charge is 0.330 e. The van der Waals surface area contributed by atoms with E-state index in [1.165, 1.54) is 5.56 Å². The van der Waals surface area contributed by atoms with Crippen molar-refractivity contribution in [3.63, 3.8) is 0 Å². The molecule has 0 unspecified atom stereocenters. The van der Waals surface area contributed by atoms with Gasteiger partial charge in [-0.2, -0.15) is 0 Å². The predicted molar refractivity (Wildman–Crippen MR) is 59.5 cm³/mol. The number of pyridine rings is 1. The molecule has 0 aliphatic heterocycles. The van der Waals surface area contributed by atoms with E-state index in [9.17, 15) is 0 Å². The average molecular weight is 207 g/mol. The van der Waals surface area contributed by atoms with Crippen molar-refractivity contribution in [2.45, 2.75) is 6.42 Å². The van der Waals surface area contributed by atoms with E-state index < -0.39 is 0 Å². The van der Waals surface area contributed by atoms with Gasteiger partial charge in [-0.3, -0.25) is 4.98 Å². The minimum Gasteiger partial charge on any atom is -0.330 e. The fraction of sp³-hybridized carbons (Fsp3) is 0.182. The summed E-state index contributed by atoms with van der Waals surface area (Å²) < 4.78 is 0. The van der Waals surface area contributed by atoms with Gasteiger partial charge in [0, 0.05) is 11.6 Å². The Hall–Kier alpha value is -1.12. The van der Waals surface area contributed by atoms with Gasteiger partial charge < -0.3 is 5.73 Å². The highest BCUT2D eigenvalue weighted by Crippen LogP contribution is 2.18. The number of benzene rings is 1. The van der Waals surface area contributed by atoms with E-state index in [2.05, 4.69) is 17.1 Å². The lowest BCUT2D eigenvalue weighted by atomic mass is 10.1. The van der Waals surface area contributed by atoms with Crippen molar-refractivity contribution in [3.05, 3.63) is 41.0 Å². The number of aromatic nitrogens is 1. The van der Waals surface area contributed by atoms with Gasteiger partial charge in [-0.25, -0.2) is 0 Å². The summed E-state index contributed by atoms with van der Waals surface area (Å²) in [5.74, 6) is 0. The molecule has 0 radical (unpaired) electrons. The molecule has 0 spiro atoms.